The van der Waals surface area contributed by atoms with Gasteiger partial charge in [-0.05, 0) is 12.5 Å². The molecule has 20 heavy (non-hydrogen) atoms. The van der Waals surface area contributed by atoms with E-state index in [1.807, 2.05) is 0 Å². The van der Waals surface area contributed by atoms with Crippen LogP contribution in [0.4, 0.5) is 0 Å². The molecule has 8 heteroatoms. The summed E-state index contributed by atoms with van der Waals surface area (Å²) in [7, 11) is 1.18. The van der Waals surface area contributed by atoms with Gasteiger partial charge in [-0.2, -0.15) is 0 Å². The number of esters is 1. The SMILES string of the molecule is COC(=O)CC[C@@H](NC(=O)c1ccc(=O)oc1)C(=O)O. The predicted molar refractivity (Wildman–Crippen MR) is 65.1 cm³/mol. The molecule has 0 fully saturated rings. The van der Waals surface area contributed by atoms with Gasteiger partial charge in [-0.3, -0.25) is 9.59 Å². The molecule has 0 bridgehead atoms. The van der Waals surface area contributed by atoms with E-state index in [-0.39, 0.29) is 18.4 Å². The van der Waals surface area contributed by atoms with Crippen molar-refractivity contribution in [3.8, 4) is 0 Å². The van der Waals surface area contributed by atoms with Crippen molar-refractivity contribution in [3.05, 3.63) is 34.4 Å². The summed E-state index contributed by atoms with van der Waals surface area (Å²) in [5, 5.41) is 11.2. The van der Waals surface area contributed by atoms with Crippen molar-refractivity contribution >= 4 is 17.8 Å². The Hall–Kier alpha value is -2.64. The normalized spacial score (nSPS) is 11.4. The first-order valence-corrected chi connectivity index (χ1v) is 5.63. The van der Waals surface area contributed by atoms with Gasteiger partial charge in [0.25, 0.3) is 5.91 Å². The molecule has 0 aromatic carbocycles. The van der Waals surface area contributed by atoms with Crippen molar-refractivity contribution in [2.24, 2.45) is 0 Å². The van der Waals surface area contributed by atoms with Crippen LogP contribution in [0.2, 0.25) is 0 Å². The average molecular weight is 283 g/mol. The maximum absolute atomic E-state index is 11.7. The molecule has 108 valence electrons. The van der Waals surface area contributed by atoms with Gasteiger partial charge < -0.3 is 19.6 Å². The first kappa shape index (κ1) is 15.4. The summed E-state index contributed by atoms with van der Waals surface area (Å²) in [5.74, 6) is -2.57. The maximum Gasteiger partial charge on any atom is 0.335 e. The van der Waals surface area contributed by atoms with Gasteiger partial charge in [-0.15, -0.1) is 0 Å². The van der Waals surface area contributed by atoms with Crippen LogP contribution in [-0.2, 0) is 14.3 Å². The minimum absolute atomic E-state index is 0.00826. The van der Waals surface area contributed by atoms with E-state index in [9.17, 15) is 19.2 Å². The number of carboxylic acid groups (broad SMARTS) is 1. The molecule has 1 amide bonds. The van der Waals surface area contributed by atoms with Crippen LogP contribution in [-0.4, -0.2) is 36.1 Å². The number of methoxy groups -OCH3 is 1. The van der Waals surface area contributed by atoms with Crippen LogP contribution in [0.3, 0.4) is 0 Å². The third kappa shape index (κ3) is 4.56. The molecular weight excluding hydrogens is 270 g/mol. The number of rotatable bonds is 6. The number of amides is 1. The van der Waals surface area contributed by atoms with Crippen LogP contribution in [0.25, 0.3) is 0 Å². The van der Waals surface area contributed by atoms with Gasteiger partial charge in [0.1, 0.15) is 12.3 Å². The minimum Gasteiger partial charge on any atom is -0.480 e. The van der Waals surface area contributed by atoms with E-state index in [4.69, 9.17) is 5.11 Å². The molecule has 1 rings (SSSR count). The Kier molecular flexibility index (Phi) is 5.45. The Bertz CT molecular complexity index is 543. The van der Waals surface area contributed by atoms with Crippen LogP contribution < -0.4 is 10.9 Å². The highest BCUT2D eigenvalue weighted by Gasteiger charge is 2.22. The molecule has 2 N–H and O–H groups in total. The number of hydrogen-bond acceptors (Lipinski definition) is 6. The third-order valence-electron chi connectivity index (χ3n) is 2.43. The number of aliphatic carboxylic acids is 1. The maximum atomic E-state index is 11.7. The Morgan fingerprint density at radius 1 is 1.40 bits per heavy atom. The second-order valence-electron chi connectivity index (χ2n) is 3.82. The quantitative estimate of drug-likeness (QED) is 0.691. The van der Waals surface area contributed by atoms with E-state index in [0.29, 0.717) is 0 Å². The molecule has 8 nitrogen and oxygen atoms in total. The van der Waals surface area contributed by atoms with E-state index in [2.05, 4.69) is 14.5 Å². The lowest BCUT2D eigenvalue weighted by molar-refractivity contribution is -0.142. The Morgan fingerprint density at radius 2 is 2.10 bits per heavy atom. The Morgan fingerprint density at radius 3 is 2.60 bits per heavy atom. The lowest BCUT2D eigenvalue weighted by Gasteiger charge is -2.13. The lowest BCUT2D eigenvalue weighted by Crippen LogP contribution is -2.41. The van der Waals surface area contributed by atoms with E-state index in [1.165, 1.54) is 13.2 Å². The van der Waals surface area contributed by atoms with Crippen molar-refractivity contribution in [2.45, 2.75) is 18.9 Å². The van der Waals surface area contributed by atoms with Crippen molar-refractivity contribution < 1.29 is 28.6 Å². The zero-order chi connectivity index (χ0) is 15.1. The number of nitrogens with one attached hydrogen (secondary N) is 1. The molecule has 0 saturated carbocycles. The zero-order valence-corrected chi connectivity index (χ0v) is 10.6. The fourth-order valence-corrected chi connectivity index (χ4v) is 1.35. The van der Waals surface area contributed by atoms with Crippen molar-refractivity contribution in [3.63, 3.8) is 0 Å². The number of ether oxygens (including phenoxy) is 1. The third-order valence-corrected chi connectivity index (χ3v) is 2.43. The van der Waals surface area contributed by atoms with Crippen molar-refractivity contribution in [1.29, 1.82) is 0 Å². The molecule has 1 aromatic heterocycles. The molecule has 0 saturated heterocycles. The molecule has 0 radical (unpaired) electrons. The van der Waals surface area contributed by atoms with Gasteiger partial charge in [0, 0.05) is 12.5 Å². The smallest absolute Gasteiger partial charge is 0.335 e. The van der Waals surface area contributed by atoms with Gasteiger partial charge >= 0.3 is 17.6 Å². The van der Waals surface area contributed by atoms with E-state index < -0.39 is 29.5 Å². The summed E-state index contributed by atoms with van der Waals surface area (Å²) >= 11 is 0. The highest BCUT2D eigenvalue weighted by molar-refractivity contribution is 5.96. The predicted octanol–water partition coefficient (Wildman–Crippen LogP) is -0.224. The van der Waals surface area contributed by atoms with Gasteiger partial charge in [-0.1, -0.05) is 0 Å². The number of carboxylic acids is 1. The minimum atomic E-state index is -1.28. The summed E-state index contributed by atoms with van der Waals surface area (Å²) in [6.45, 7) is 0. The molecule has 1 aromatic rings. The fraction of sp³-hybridized carbons (Fsp3) is 0.333. The molecule has 0 aliphatic carbocycles. The molecule has 1 heterocycles. The fourth-order valence-electron chi connectivity index (χ4n) is 1.35. The molecular formula is C12H13NO7. The van der Waals surface area contributed by atoms with Crippen LogP contribution in [0.1, 0.15) is 23.2 Å². The van der Waals surface area contributed by atoms with Gasteiger partial charge in [0.2, 0.25) is 0 Å². The van der Waals surface area contributed by atoms with E-state index >= 15 is 0 Å². The van der Waals surface area contributed by atoms with Crippen molar-refractivity contribution in [2.75, 3.05) is 7.11 Å². The highest BCUT2D eigenvalue weighted by Crippen LogP contribution is 2.02. The second kappa shape index (κ2) is 7.07. The summed E-state index contributed by atoms with van der Waals surface area (Å²) < 4.78 is 8.89. The standard InChI is InChI=1S/C12H13NO7/c1-19-9(14)5-3-8(12(17)18)13-11(16)7-2-4-10(15)20-6-7/h2,4,6,8H,3,5H2,1H3,(H,13,16)(H,17,18)/t8-/m1/s1. The summed E-state index contributed by atoms with van der Waals surface area (Å²) in [6.07, 6.45) is 0.680. The van der Waals surface area contributed by atoms with Crippen LogP contribution in [0.15, 0.2) is 27.6 Å². The summed E-state index contributed by atoms with van der Waals surface area (Å²) in [4.78, 5) is 44.4. The number of carbonyl (C=O) groups excluding carboxylic acids is 2. The summed E-state index contributed by atoms with van der Waals surface area (Å²) in [6, 6.07) is 1.01. The first-order chi connectivity index (χ1) is 9.43. The molecule has 0 spiro atoms. The first-order valence-electron chi connectivity index (χ1n) is 5.63. The molecule has 1 atom stereocenters. The molecule has 0 unspecified atom stereocenters. The van der Waals surface area contributed by atoms with Crippen molar-refractivity contribution in [1.82, 2.24) is 5.32 Å². The Balaban J connectivity index is 2.67. The lowest BCUT2D eigenvalue weighted by atomic mass is 10.1. The largest absolute Gasteiger partial charge is 0.480 e. The van der Waals surface area contributed by atoms with Gasteiger partial charge in [0.15, 0.2) is 0 Å². The van der Waals surface area contributed by atoms with E-state index in [0.717, 1.165) is 12.3 Å². The second-order valence-corrected chi connectivity index (χ2v) is 3.82. The molecule has 0 aliphatic rings. The van der Waals surface area contributed by atoms with Crippen LogP contribution in [0.5, 0.6) is 0 Å². The van der Waals surface area contributed by atoms with Gasteiger partial charge in [0.05, 0.1) is 12.7 Å². The topological polar surface area (TPSA) is 123 Å². The van der Waals surface area contributed by atoms with Crippen LogP contribution in [0, 0.1) is 0 Å². The van der Waals surface area contributed by atoms with E-state index in [1.54, 1.807) is 0 Å². The zero-order valence-electron chi connectivity index (χ0n) is 10.6. The van der Waals surface area contributed by atoms with Gasteiger partial charge in [-0.25, -0.2) is 9.59 Å². The van der Waals surface area contributed by atoms with Crippen LogP contribution >= 0.6 is 0 Å². The monoisotopic (exact) mass is 283 g/mol. The Labute approximate surface area is 113 Å². The highest BCUT2D eigenvalue weighted by atomic mass is 16.5. The number of hydrogen-bond donors (Lipinski definition) is 2. The number of carbonyl (C=O) groups is 3. The molecule has 0 aliphatic heterocycles. The summed E-state index contributed by atoms with van der Waals surface area (Å²) in [5.41, 5.74) is -0.615. The average Bonchev–Trinajstić information content (AvgIpc) is 2.43.